The van der Waals surface area contributed by atoms with E-state index in [1.807, 2.05) is 65.2 Å². The van der Waals surface area contributed by atoms with Crippen molar-refractivity contribution in [3.05, 3.63) is 115 Å². The van der Waals surface area contributed by atoms with Crippen molar-refractivity contribution in [2.45, 2.75) is 6.61 Å². The molecule has 9 nitrogen and oxygen atoms in total. The Labute approximate surface area is 228 Å². The molecule has 0 aliphatic rings. The van der Waals surface area contributed by atoms with E-state index in [1.165, 1.54) is 19.5 Å². The largest absolute Gasteiger partial charge is 0.494 e. The topological polar surface area (TPSA) is 95.6 Å². The third kappa shape index (κ3) is 4.97. The molecule has 0 aliphatic heterocycles. The maximum Gasteiger partial charge on any atom is 0.411 e. The van der Waals surface area contributed by atoms with Crippen molar-refractivity contribution in [3.63, 3.8) is 0 Å². The van der Waals surface area contributed by atoms with Crippen molar-refractivity contribution in [2.24, 2.45) is 0 Å². The number of carbonyl (C=O) groups excluding carboxylic acids is 1. The van der Waals surface area contributed by atoms with Crippen LogP contribution in [0.25, 0.3) is 34.0 Å². The molecule has 3 heterocycles. The molecule has 0 radical (unpaired) electrons. The van der Waals surface area contributed by atoms with Gasteiger partial charge in [-0.2, -0.15) is 5.10 Å². The van der Waals surface area contributed by atoms with E-state index in [4.69, 9.17) is 9.47 Å². The quantitative estimate of drug-likeness (QED) is 0.264. The summed E-state index contributed by atoms with van der Waals surface area (Å²) in [5.41, 5.74) is 5.42. The van der Waals surface area contributed by atoms with E-state index in [0.717, 1.165) is 28.0 Å². The molecule has 198 valence electrons. The van der Waals surface area contributed by atoms with Crippen molar-refractivity contribution in [3.8, 4) is 34.1 Å². The molecule has 6 rings (SSSR count). The number of hydrogen-bond acceptors (Lipinski definition) is 6. The van der Waals surface area contributed by atoms with Crippen LogP contribution in [0.1, 0.15) is 5.56 Å². The molecule has 1 amide bonds. The standard InChI is InChI=1S/C30H23FN6O3/c1-39-27-15-24(12-13-25(27)31)37-29(33-19-34-37)22-9-14-28-32-16-26(36(28)17-22)21-7-10-23(11-8-21)35-30(38)40-18-20-5-3-2-4-6-20/h2-17,19H,18H2,1H3,(H,35,38). The highest BCUT2D eigenvalue weighted by Crippen LogP contribution is 2.28. The summed E-state index contributed by atoms with van der Waals surface area (Å²) < 4.78 is 28.0. The summed E-state index contributed by atoms with van der Waals surface area (Å²) in [5, 5.41) is 7.09. The molecule has 1 N–H and O–H groups in total. The smallest absolute Gasteiger partial charge is 0.411 e. The number of ether oxygens (including phenoxy) is 2. The van der Waals surface area contributed by atoms with Crippen molar-refractivity contribution in [1.29, 1.82) is 0 Å². The van der Waals surface area contributed by atoms with Crippen molar-refractivity contribution in [2.75, 3.05) is 12.4 Å². The number of rotatable bonds is 7. The molecule has 0 fully saturated rings. The number of carbonyl (C=O) groups is 1. The lowest BCUT2D eigenvalue weighted by Crippen LogP contribution is -2.13. The third-order valence-electron chi connectivity index (χ3n) is 6.33. The highest BCUT2D eigenvalue weighted by molar-refractivity contribution is 5.85. The van der Waals surface area contributed by atoms with Gasteiger partial charge in [-0.1, -0.05) is 42.5 Å². The number of benzene rings is 3. The van der Waals surface area contributed by atoms with Gasteiger partial charge in [0.15, 0.2) is 17.4 Å². The lowest BCUT2D eigenvalue weighted by Gasteiger charge is -2.10. The first-order chi connectivity index (χ1) is 19.6. The van der Waals surface area contributed by atoms with Gasteiger partial charge in [-0.25, -0.2) is 23.8 Å². The first kappa shape index (κ1) is 24.8. The number of hydrogen-bond donors (Lipinski definition) is 1. The number of methoxy groups -OCH3 is 1. The summed E-state index contributed by atoms with van der Waals surface area (Å²) in [4.78, 5) is 21.2. The lowest BCUT2D eigenvalue weighted by molar-refractivity contribution is 0.155. The molecule has 3 aromatic carbocycles. The predicted octanol–water partition coefficient (Wildman–Crippen LogP) is 6.15. The van der Waals surface area contributed by atoms with Crippen LogP contribution >= 0.6 is 0 Å². The number of imidazole rings is 1. The van der Waals surface area contributed by atoms with Crippen LogP contribution in [0.2, 0.25) is 0 Å². The zero-order chi connectivity index (χ0) is 27.5. The van der Waals surface area contributed by atoms with Gasteiger partial charge in [-0.3, -0.25) is 9.72 Å². The SMILES string of the molecule is COc1cc(-n2ncnc2-c2ccc3ncc(-c4ccc(NC(=O)OCc5ccccc5)cc4)n3c2)ccc1F. The number of nitrogens with one attached hydrogen (secondary N) is 1. The average Bonchev–Trinajstić information content (AvgIpc) is 3.65. The summed E-state index contributed by atoms with van der Waals surface area (Å²) in [6.07, 6.45) is 4.62. The van der Waals surface area contributed by atoms with Crippen molar-refractivity contribution < 1.29 is 18.7 Å². The van der Waals surface area contributed by atoms with Crippen LogP contribution in [0.4, 0.5) is 14.9 Å². The average molecular weight is 535 g/mol. The molecule has 6 aromatic rings. The van der Waals surface area contributed by atoms with Crippen LogP contribution < -0.4 is 10.1 Å². The number of fused-ring (bicyclic) bond motifs is 1. The second kappa shape index (κ2) is 10.7. The van der Waals surface area contributed by atoms with E-state index in [1.54, 1.807) is 35.1 Å². The minimum absolute atomic E-state index is 0.119. The second-order valence-electron chi connectivity index (χ2n) is 8.87. The molecule has 0 aliphatic carbocycles. The summed E-state index contributed by atoms with van der Waals surface area (Å²) >= 11 is 0. The van der Waals surface area contributed by atoms with Gasteiger partial charge in [-0.15, -0.1) is 0 Å². The van der Waals surface area contributed by atoms with Crippen LogP contribution in [-0.4, -0.2) is 37.4 Å². The van der Waals surface area contributed by atoms with Crippen molar-refractivity contribution in [1.82, 2.24) is 24.1 Å². The van der Waals surface area contributed by atoms with Crippen LogP contribution in [0.3, 0.4) is 0 Å². The highest BCUT2D eigenvalue weighted by atomic mass is 19.1. The minimum atomic E-state index is -0.529. The summed E-state index contributed by atoms with van der Waals surface area (Å²) in [5.74, 6) is 0.236. The van der Waals surface area contributed by atoms with Gasteiger partial charge in [0.1, 0.15) is 18.6 Å². The lowest BCUT2D eigenvalue weighted by atomic mass is 10.1. The Bertz CT molecular complexity index is 1800. The number of anilines is 1. The van der Waals surface area contributed by atoms with Gasteiger partial charge < -0.3 is 9.47 Å². The van der Waals surface area contributed by atoms with E-state index in [2.05, 4.69) is 20.4 Å². The monoisotopic (exact) mass is 534 g/mol. The Kier molecular flexibility index (Phi) is 6.63. The Morgan fingerprint density at radius 1 is 0.950 bits per heavy atom. The summed E-state index contributed by atoms with van der Waals surface area (Å²) in [6, 6.07) is 25.2. The molecule has 0 spiro atoms. The van der Waals surface area contributed by atoms with Crippen LogP contribution in [0.5, 0.6) is 5.75 Å². The fraction of sp³-hybridized carbons (Fsp3) is 0.0667. The summed E-state index contributed by atoms with van der Waals surface area (Å²) in [7, 11) is 1.42. The Balaban J connectivity index is 1.23. The Morgan fingerprint density at radius 3 is 2.55 bits per heavy atom. The molecule has 0 unspecified atom stereocenters. The van der Waals surface area contributed by atoms with E-state index < -0.39 is 11.9 Å². The molecule has 10 heteroatoms. The highest BCUT2D eigenvalue weighted by Gasteiger charge is 2.14. The van der Waals surface area contributed by atoms with Gasteiger partial charge in [0.25, 0.3) is 0 Å². The van der Waals surface area contributed by atoms with Crippen molar-refractivity contribution >= 4 is 17.4 Å². The Morgan fingerprint density at radius 2 is 1.75 bits per heavy atom. The number of pyridine rings is 1. The molecule has 0 saturated heterocycles. The van der Waals surface area contributed by atoms with E-state index in [0.29, 0.717) is 17.2 Å². The molecule has 40 heavy (non-hydrogen) atoms. The number of halogens is 1. The predicted molar refractivity (Wildman–Crippen MR) is 148 cm³/mol. The summed E-state index contributed by atoms with van der Waals surface area (Å²) in [6.45, 7) is 0.192. The fourth-order valence-corrected chi connectivity index (χ4v) is 4.34. The molecule has 3 aromatic heterocycles. The van der Waals surface area contributed by atoms with Crippen LogP contribution in [0, 0.1) is 5.82 Å². The molecule has 0 saturated carbocycles. The normalized spacial score (nSPS) is 10.9. The van der Waals surface area contributed by atoms with E-state index >= 15 is 0 Å². The van der Waals surface area contributed by atoms with E-state index in [9.17, 15) is 9.18 Å². The molecule has 0 atom stereocenters. The number of aromatic nitrogens is 5. The number of nitrogens with zero attached hydrogens (tertiary/aromatic N) is 5. The maximum atomic E-state index is 14.0. The van der Waals surface area contributed by atoms with Gasteiger partial charge in [0.2, 0.25) is 0 Å². The second-order valence-corrected chi connectivity index (χ2v) is 8.87. The maximum absolute atomic E-state index is 14.0. The van der Waals surface area contributed by atoms with E-state index in [-0.39, 0.29) is 12.4 Å². The molecular weight excluding hydrogens is 511 g/mol. The fourth-order valence-electron chi connectivity index (χ4n) is 4.34. The first-order valence-corrected chi connectivity index (χ1v) is 12.4. The molecular formula is C30H23FN6O3. The van der Waals surface area contributed by atoms with Crippen LogP contribution in [0.15, 0.2) is 104 Å². The third-order valence-corrected chi connectivity index (χ3v) is 6.33. The van der Waals surface area contributed by atoms with Crippen LogP contribution in [-0.2, 0) is 11.3 Å². The van der Waals surface area contributed by atoms with Gasteiger partial charge in [-0.05, 0) is 42.0 Å². The Hall–Kier alpha value is -5.51. The van der Waals surface area contributed by atoms with Gasteiger partial charge in [0.05, 0.1) is 24.7 Å². The zero-order valence-corrected chi connectivity index (χ0v) is 21.4. The first-order valence-electron chi connectivity index (χ1n) is 12.4. The van der Waals surface area contributed by atoms with Gasteiger partial charge >= 0.3 is 6.09 Å². The zero-order valence-electron chi connectivity index (χ0n) is 21.4. The minimum Gasteiger partial charge on any atom is -0.494 e. The van der Waals surface area contributed by atoms with Gasteiger partial charge in [0, 0.05) is 29.1 Å². The number of amides is 1. The molecule has 0 bridgehead atoms.